The Hall–Kier alpha value is -1.09. The molecule has 2 rings (SSSR count). The molecule has 0 aliphatic carbocycles. The predicted octanol–water partition coefficient (Wildman–Crippen LogP) is 3.50. The van der Waals surface area contributed by atoms with Gasteiger partial charge in [-0.15, -0.1) is 0 Å². The van der Waals surface area contributed by atoms with Crippen molar-refractivity contribution in [2.75, 3.05) is 13.7 Å². The van der Waals surface area contributed by atoms with Gasteiger partial charge in [0, 0.05) is 11.1 Å². The van der Waals surface area contributed by atoms with Crippen LogP contribution in [-0.4, -0.2) is 13.7 Å². The maximum absolute atomic E-state index is 14.1. The largest absolute Gasteiger partial charge is 0.496 e. The molecule has 0 aromatic heterocycles. The zero-order chi connectivity index (χ0) is 13.4. The van der Waals surface area contributed by atoms with Gasteiger partial charge in [0.05, 0.1) is 7.11 Å². The molecule has 0 spiro atoms. The van der Waals surface area contributed by atoms with Crippen molar-refractivity contribution in [1.29, 1.82) is 0 Å². The Bertz CT molecular complexity index is 431. The number of hydrogen-bond donors (Lipinski definition) is 1. The van der Waals surface area contributed by atoms with Crippen molar-refractivity contribution < 1.29 is 9.13 Å². The molecule has 0 amide bonds. The number of methoxy groups -OCH3 is 1. The van der Waals surface area contributed by atoms with Gasteiger partial charge in [-0.1, -0.05) is 6.07 Å². The maximum atomic E-state index is 14.1. The Kier molecular flexibility index (Phi) is 3.37. The van der Waals surface area contributed by atoms with E-state index in [1.165, 1.54) is 0 Å². The lowest BCUT2D eigenvalue weighted by Gasteiger charge is -2.28. The molecule has 3 heteroatoms. The third-order valence-corrected chi connectivity index (χ3v) is 3.85. The van der Waals surface area contributed by atoms with Crippen LogP contribution in [0.4, 0.5) is 4.39 Å². The number of hydrogen-bond acceptors (Lipinski definition) is 2. The topological polar surface area (TPSA) is 21.3 Å². The van der Waals surface area contributed by atoms with Crippen LogP contribution in [0.5, 0.6) is 5.75 Å². The van der Waals surface area contributed by atoms with E-state index < -0.39 is 5.67 Å². The smallest absolute Gasteiger partial charge is 0.130 e. The van der Waals surface area contributed by atoms with Crippen molar-refractivity contribution in [2.24, 2.45) is 0 Å². The molecule has 1 unspecified atom stereocenters. The third-order valence-electron chi connectivity index (χ3n) is 3.85. The van der Waals surface area contributed by atoms with Crippen molar-refractivity contribution in [2.45, 2.75) is 44.8 Å². The van der Waals surface area contributed by atoms with Gasteiger partial charge in [0.15, 0.2) is 0 Å². The van der Waals surface area contributed by atoms with Gasteiger partial charge < -0.3 is 10.1 Å². The second-order valence-corrected chi connectivity index (χ2v) is 5.75. The summed E-state index contributed by atoms with van der Waals surface area (Å²) in [4.78, 5) is 0. The molecule has 1 fully saturated rings. The van der Waals surface area contributed by atoms with E-state index in [2.05, 4.69) is 12.2 Å². The second-order valence-electron chi connectivity index (χ2n) is 5.75. The Balaban J connectivity index is 2.49. The SMILES string of the molecule is COc1ccc(C(C)(C)F)cc1C1(C)CCCN1. The first-order valence-electron chi connectivity index (χ1n) is 6.50. The highest BCUT2D eigenvalue weighted by Crippen LogP contribution is 2.39. The molecule has 100 valence electrons. The Morgan fingerprint density at radius 1 is 1.39 bits per heavy atom. The summed E-state index contributed by atoms with van der Waals surface area (Å²) in [5.74, 6) is 0.833. The minimum atomic E-state index is -1.32. The summed E-state index contributed by atoms with van der Waals surface area (Å²) in [6, 6.07) is 5.62. The minimum absolute atomic E-state index is 0.105. The molecule has 1 heterocycles. The van der Waals surface area contributed by atoms with Crippen LogP contribution in [0.2, 0.25) is 0 Å². The lowest BCUT2D eigenvalue weighted by atomic mass is 9.86. The number of rotatable bonds is 3. The highest BCUT2D eigenvalue weighted by atomic mass is 19.1. The number of ether oxygens (including phenoxy) is 1. The summed E-state index contributed by atoms with van der Waals surface area (Å²) in [5, 5.41) is 3.50. The lowest BCUT2D eigenvalue weighted by molar-refractivity contribution is 0.220. The van der Waals surface area contributed by atoms with Gasteiger partial charge in [-0.2, -0.15) is 0 Å². The summed E-state index contributed by atoms with van der Waals surface area (Å²) >= 11 is 0. The third kappa shape index (κ3) is 2.37. The highest BCUT2D eigenvalue weighted by molar-refractivity contribution is 5.43. The average Bonchev–Trinajstić information content (AvgIpc) is 2.75. The van der Waals surface area contributed by atoms with Crippen LogP contribution >= 0.6 is 0 Å². The number of alkyl halides is 1. The first-order chi connectivity index (χ1) is 8.37. The van der Waals surface area contributed by atoms with Gasteiger partial charge in [0.25, 0.3) is 0 Å². The van der Waals surface area contributed by atoms with Crippen LogP contribution in [0.25, 0.3) is 0 Å². The summed E-state index contributed by atoms with van der Waals surface area (Å²) in [5.41, 5.74) is 0.335. The molecule has 1 aliphatic rings. The molecule has 0 radical (unpaired) electrons. The Morgan fingerprint density at radius 3 is 2.61 bits per heavy atom. The zero-order valence-electron chi connectivity index (χ0n) is 11.6. The predicted molar refractivity (Wildman–Crippen MR) is 71.7 cm³/mol. The first-order valence-corrected chi connectivity index (χ1v) is 6.50. The second kappa shape index (κ2) is 4.54. The lowest BCUT2D eigenvalue weighted by Crippen LogP contribution is -2.34. The van der Waals surface area contributed by atoms with Crippen LogP contribution in [0.1, 0.15) is 44.7 Å². The zero-order valence-corrected chi connectivity index (χ0v) is 11.6. The van der Waals surface area contributed by atoms with Gasteiger partial charge in [-0.25, -0.2) is 4.39 Å². The van der Waals surface area contributed by atoms with E-state index in [9.17, 15) is 4.39 Å². The van der Waals surface area contributed by atoms with Crippen LogP contribution < -0.4 is 10.1 Å². The van der Waals surface area contributed by atoms with E-state index in [4.69, 9.17) is 4.74 Å². The van der Waals surface area contributed by atoms with Crippen LogP contribution in [0.3, 0.4) is 0 Å². The standard InChI is InChI=1S/C15H22FNO/c1-14(2,16)11-6-7-13(18-4)12(10-11)15(3)8-5-9-17-15/h6-7,10,17H,5,8-9H2,1-4H3. The van der Waals surface area contributed by atoms with Crippen LogP contribution in [0.15, 0.2) is 18.2 Å². The normalized spacial score (nSPS) is 24.3. The molecular weight excluding hydrogens is 229 g/mol. The molecule has 1 saturated heterocycles. The average molecular weight is 251 g/mol. The molecular formula is C15H22FNO. The number of halogens is 1. The molecule has 2 nitrogen and oxygen atoms in total. The molecule has 1 atom stereocenters. The van der Waals surface area contributed by atoms with Crippen molar-refractivity contribution >= 4 is 0 Å². The maximum Gasteiger partial charge on any atom is 0.130 e. The Morgan fingerprint density at radius 2 is 2.11 bits per heavy atom. The molecule has 1 N–H and O–H groups in total. The van der Waals surface area contributed by atoms with E-state index >= 15 is 0 Å². The summed E-state index contributed by atoms with van der Waals surface area (Å²) < 4.78 is 19.5. The van der Waals surface area contributed by atoms with Gasteiger partial charge in [0.1, 0.15) is 11.4 Å². The molecule has 0 saturated carbocycles. The summed E-state index contributed by atoms with van der Waals surface area (Å²) in [7, 11) is 1.66. The van der Waals surface area contributed by atoms with Crippen molar-refractivity contribution in [1.82, 2.24) is 5.32 Å². The molecule has 1 aromatic carbocycles. The van der Waals surface area contributed by atoms with E-state index in [0.717, 1.165) is 30.7 Å². The molecule has 1 aromatic rings. The van der Waals surface area contributed by atoms with Crippen LogP contribution in [0, 0.1) is 0 Å². The van der Waals surface area contributed by atoms with E-state index in [0.29, 0.717) is 5.56 Å². The fourth-order valence-electron chi connectivity index (χ4n) is 2.63. The van der Waals surface area contributed by atoms with Gasteiger partial charge in [-0.3, -0.25) is 0 Å². The van der Waals surface area contributed by atoms with E-state index in [-0.39, 0.29) is 5.54 Å². The van der Waals surface area contributed by atoms with Crippen molar-refractivity contribution in [3.8, 4) is 5.75 Å². The molecule has 1 aliphatic heterocycles. The quantitative estimate of drug-likeness (QED) is 0.887. The van der Waals surface area contributed by atoms with Gasteiger partial charge in [0.2, 0.25) is 0 Å². The number of benzene rings is 1. The molecule has 0 bridgehead atoms. The Labute approximate surface area is 109 Å². The fraction of sp³-hybridized carbons (Fsp3) is 0.600. The summed E-state index contributed by atoms with van der Waals surface area (Å²) in [6.45, 7) is 6.34. The summed E-state index contributed by atoms with van der Waals surface area (Å²) in [6.07, 6.45) is 2.20. The molecule has 18 heavy (non-hydrogen) atoms. The van der Waals surface area contributed by atoms with E-state index in [1.807, 2.05) is 12.1 Å². The first kappa shape index (κ1) is 13.3. The number of nitrogens with one attached hydrogen (secondary N) is 1. The van der Waals surface area contributed by atoms with Gasteiger partial charge >= 0.3 is 0 Å². The van der Waals surface area contributed by atoms with Crippen LogP contribution in [-0.2, 0) is 11.2 Å². The van der Waals surface area contributed by atoms with Crippen molar-refractivity contribution in [3.05, 3.63) is 29.3 Å². The minimum Gasteiger partial charge on any atom is -0.496 e. The van der Waals surface area contributed by atoms with Gasteiger partial charge in [-0.05, 0) is 57.9 Å². The highest BCUT2D eigenvalue weighted by Gasteiger charge is 2.34. The van der Waals surface area contributed by atoms with Crippen molar-refractivity contribution in [3.63, 3.8) is 0 Å². The monoisotopic (exact) mass is 251 g/mol. The van der Waals surface area contributed by atoms with E-state index in [1.54, 1.807) is 27.0 Å². The fourth-order valence-corrected chi connectivity index (χ4v) is 2.63.